The fraction of sp³-hybridized carbons (Fsp3) is 0.417. The van der Waals surface area contributed by atoms with Crippen LogP contribution >= 0.6 is 0 Å². The highest BCUT2D eigenvalue weighted by molar-refractivity contribution is 5.92. The molecule has 0 aliphatic heterocycles. The molecule has 0 aliphatic rings. The van der Waals surface area contributed by atoms with Gasteiger partial charge in [-0.2, -0.15) is 0 Å². The lowest BCUT2D eigenvalue weighted by Crippen LogP contribution is -2.19. The van der Waals surface area contributed by atoms with Crippen LogP contribution in [0.4, 0.5) is 5.69 Å². The van der Waals surface area contributed by atoms with Crippen molar-refractivity contribution in [2.75, 3.05) is 18.9 Å². The van der Waals surface area contributed by atoms with Crippen LogP contribution in [-0.4, -0.2) is 24.6 Å². The molecule has 4 heteroatoms. The molecule has 1 aromatic carbocycles. The highest BCUT2D eigenvalue weighted by atomic mass is 16.3. The van der Waals surface area contributed by atoms with E-state index in [1.807, 2.05) is 13.0 Å². The molecule has 0 heterocycles. The van der Waals surface area contributed by atoms with Gasteiger partial charge in [0, 0.05) is 24.2 Å². The first kappa shape index (κ1) is 12.5. The van der Waals surface area contributed by atoms with Gasteiger partial charge in [-0.15, -0.1) is 0 Å². The van der Waals surface area contributed by atoms with Gasteiger partial charge < -0.3 is 15.7 Å². The maximum atomic E-state index is 11.5. The lowest BCUT2D eigenvalue weighted by molar-refractivity contribution is -0.116. The number of amides is 1. The number of phenols is 1. The van der Waals surface area contributed by atoms with E-state index < -0.39 is 0 Å². The van der Waals surface area contributed by atoms with E-state index in [2.05, 4.69) is 10.6 Å². The Bertz CT molecular complexity index is 389. The van der Waals surface area contributed by atoms with Gasteiger partial charge in [0.15, 0.2) is 0 Å². The quantitative estimate of drug-likeness (QED) is 0.724. The van der Waals surface area contributed by atoms with Gasteiger partial charge >= 0.3 is 0 Å². The van der Waals surface area contributed by atoms with Gasteiger partial charge in [-0.3, -0.25) is 4.79 Å². The second-order valence-electron chi connectivity index (χ2n) is 3.81. The van der Waals surface area contributed by atoms with Crippen LogP contribution in [0.3, 0.4) is 0 Å². The standard InChI is InChI=1S/C12H18N2O2/c1-8-4-5-10(9(2)12(8)16)14-11(15)6-7-13-3/h4-5,13,16H,6-7H2,1-3H3,(H,14,15). The molecular weight excluding hydrogens is 204 g/mol. The Labute approximate surface area is 95.7 Å². The van der Waals surface area contributed by atoms with E-state index in [-0.39, 0.29) is 11.7 Å². The molecule has 1 aromatic rings. The van der Waals surface area contributed by atoms with Crippen molar-refractivity contribution in [1.82, 2.24) is 5.32 Å². The summed E-state index contributed by atoms with van der Waals surface area (Å²) in [5.74, 6) is 0.187. The number of carbonyl (C=O) groups excluding carboxylic acids is 1. The van der Waals surface area contributed by atoms with E-state index in [0.717, 1.165) is 5.56 Å². The number of aromatic hydroxyl groups is 1. The minimum Gasteiger partial charge on any atom is -0.507 e. The lowest BCUT2D eigenvalue weighted by atomic mass is 10.1. The van der Waals surface area contributed by atoms with E-state index in [9.17, 15) is 9.90 Å². The van der Waals surface area contributed by atoms with Crippen LogP contribution in [0, 0.1) is 13.8 Å². The Kier molecular flexibility index (Phi) is 4.31. The van der Waals surface area contributed by atoms with Crippen LogP contribution in [0.2, 0.25) is 0 Å². The Morgan fingerprint density at radius 3 is 2.69 bits per heavy atom. The van der Waals surface area contributed by atoms with Crippen molar-refractivity contribution in [2.45, 2.75) is 20.3 Å². The predicted octanol–water partition coefficient (Wildman–Crippen LogP) is 1.56. The molecule has 0 unspecified atom stereocenters. The Hall–Kier alpha value is -1.55. The zero-order valence-electron chi connectivity index (χ0n) is 9.92. The molecule has 0 radical (unpaired) electrons. The molecule has 0 aromatic heterocycles. The molecule has 88 valence electrons. The lowest BCUT2D eigenvalue weighted by Gasteiger charge is -2.11. The molecule has 1 amide bonds. The fourth-order valence-corrected chi connectivity index (χ4v) is 1.42. The van der Waals surface area contributed by atoms with Crippen molar-refractivity contribution in [3.8, 4) is 5.75 Å². The van der Waals surface area contributed by atoms with E-state index >= 15 is 0 Å². The van der Waals surface area contributed by atoms with Crippen molar-refractivity contribution in [3.05, 3.63) is 23.3 Å². The maximum Gasteiger partial charge on any atom is 0.225 e. The van der Waals surface area contributed by atoms with Crippen molar-refractivity contribution in [3.63, 3.8) is 0 Å². The Morgan fingerprint density at radius 2 is 2.06 bits per heavy atom. The van der Waals surface area contributed by atoms with Crippen molar-refractivity contribution in [1.29, 1.82) is 0 Å². The van der Waals surface area contributed by atoms with Crippen LogP contribution in [0.1, 0.15) is 17.5 Å². The molecular formula is C12H18N2O2. The first-order valence-electron chi connectivity index (χ1n) is 5.30. The third-order valence-corrected chi connectivity index (χ3v) is 2.51. The SMILES string of the molecule is CNCCC(=O)Nc1ccc(C)c(O)c1C. The molecule has 3 N–H and O–H groups in total. The number of anilines is 1. The molecule has 0 spiro atoms. The van der Waals surface area contributed by atoms with Crippen LogP contribution < -0.4 is 10.6 Å². The Balaban J connectivity index is 2.74. The van der Waals surface area contributed by atoms with Crippen LogP contribution in [0.5, 0.6) is 5.75 Å². The molecule has 1 rings (SSSR count). The topological polar surface area (TPSA) is 61.4 Å². The Morgan fingerprint density at radius 1 is 1.38 bits per heavy atom. The van der Waals surface area contributed by atoms with E-state index in [0.29, 0.717) is 24.2 Å². The summed E-state index contributed by atoms with van der Waals surface area (Å²) < 4.78 is 0. The summed E-state index contributed by atoms with van der Waals surface area (Å²) in [7, 11) is 1.80. The van der Waals surface area contributed by atoms with Crippen LogP contribution in [-0.2, 0) is 4.79 Å². The fourth-order valence-electron chi connectivity index (χ4n) is 1.42. The summed E-state index contributed by atoms with van der Waals surface area (Å²) in [4.78, 5) is 11.5. The zero-order valence-corrected chi connectivity index (χ0v) is 9.92. The van der Waals surface area contributed by atoms with E-state index in [1.165, 1.54) is 0 Å². The van der Waals surface area contributed by atoms with Gasteiger partial charge in [0.1, 0.15) is 5.75 Å². The molecule has 4 nitrogen and oxygen atoms in total. The van der Waals surface area contributed by atoms with Gasteiger partial charge in [0.2, 0.25) is 5.91 Å². The highest BCUT2D eigenvalue weighted by Gasteiger charge is 2.08. The second kappa shape index (κ2) is 5.51. The minimum atomic E-state index is -0.0549. The van der Waals surface area contributed by atoms with Gasteiger partial charge in [0.05, 0.1) is 0 Å². The summed E-state index contributed by atoms with van der Waals surface area (Å²) in [5, 5.41) is 15.4. The molecule has 0 saturated carbocycles. The maximum absolute atomic E-state index is 11.5. The molecule has 0 saturated heterocycles. The van der Waals surface area contributed by atoms with Crippen LogP contribution in [0.25, 0.3) is 0 Å². The molecule has 0 aliphatic carbocycles. The number of hydrogen-bond acceptors (Lipinski definition) is 3. The summed E-state index contributed by atoms with van der Waals surface area (Å²) in [6.07, 6.45) is 0.421. The number of rotatable bonds is 4. The number of aryl methyl sites for hydroxylation is 1. The minimum absolute atomic E-state index is 0.0549. The van der Waals surface area contributed by atoms with Gasteiger partial charge in [-0.25, -0.2) is 0 Å². The van der Waals surface area contributed by atoms with E-state index in [1.54, 1.807) is 20.0 Å². The molecule has 0 atom stereocenters. The number of carbonyl (C=O) groups is 1. The average Bonchev–Trinajstić information content (AvgIpc) is 2.27. The summed E-state index contributed by atoms with van der Waals surface area (Å²) in [5.41, 5.74) is 2.19. The predicted molar refractivity (Wildman–Crippen MR) is 64.8 cm³/mol. The number of nitrogens with one attached hydrogen (secondary N) is 2. The summed E-state index contributed by atoms with van der Waals surface area (Å²) in [6, 6.07) is 3.59. The average molecular weight is 222 g/mol. The smallest absolute Gasteiger partial charge is 0.225 e. The summed E-state index contributed by atoms with van der Waals surface area (Å²) >= 11 is 0. The second-order valence-corrected chi connectivity index (χ2v) is 3.81. The van der Waals surface area contributed by atoms with Gasteiger partial charge in [-0.05, 0) is 32.5 Å². The number of hydrogen-bond donors (Lipinski definition) is 3. The number of phenolic OH excluding ortho intramolecular Hbond substituents is 1. The third-order valence-electron chi connectivity index (χ3n) is 2.51. The van der Waals surface area contributed by atoms with Gasteiger partial charge in [-0.1, -0.05) is 6.07 Å². The third kappa shape index (κ3) is 2.97. The first-order valence-corrected chi connectivity index (χ1v) is 5.30. The largest absolute Gasteiger partial charge is 0.507 e. The molecule has 0 fully saturated rings. The molecule has 16 heavy (non-hydrogen) atoms. The van der Waals surface area contributed by atoms with E-state index in [4.69, 9.17) is 0 Å². The van der Waals surface area contributed by atoms with Crippen molar-refractivity contribution in [2.24, 2.45) is 0 Å². The number of benzene rings is 1. The van der Waals surface area contributed by atoms with Crippen LogP contribution in [0.15, 0.2) is 12.1 Å². The van der Waals surface area contributed by atoms with Crippen molar-refractivity contribution >= 4 is 11.6 Å². The highest BCUT2D eigenvalue weighted by Crippen LogP contribution is 2.27. The molecule has 0 bridgehead atoms. The first-order chi connectivity index (χ1) is 7.56. The summed E-state index contributed by atoms with van der Waals surface area (Å²) in [6.45, 7) is 4.26. The van der Waals surface area contributed by atoms with Gasteiger partial charge in [0.25, 0.3) is 0 Å². The van der Waals surface area contributed by atoms with Crippen molar-refractivity contribution < 1.29 is 9.90 Å². The monoisotopic (exact) mass is 222 g/mol. The normalized spacial score (nSPS) is 10.2. The zero-order chi connectivity index (χ0) is 12.1.